The van der Waals surface area contributed by atoms with E-state index in [2.05, 4.69) is 12.2 Å². The number of nitrogens with one attached hydrogen (secondary N) is 1. The molecule has 4 nitrogen and oxygen atoms in total. The Morgan fingerprint density at radius 1 is 1.26 bits per heavy atom. The van der Waals surface area contributed by atoms with Crippen molar-refractivity contribution < 1.29 is 14.7 Å². The van der Waals surface area contributed by atoms with Gasteiger partial charge in [-0.2, -0.15) is 0 Å². The second kappa shape index (κ2) is 6.92. The van der Waals surface area contributed by atoms with Gasteiger partial charge in [-0.05, 0) is 31.6 Å². The number of carbonyl (C=O) groups excluding carboxylic acids is 1. The molecule has 1 aliphatic carbocycles. The number of hydrogen-bond acceptors (Lipinski definition) is 2. The molecule has 0 radical (unpaired) electrons. The van der Waals surface area contributed by atoms with Gasteiger partial charge in [0.15, 0.2) is 0 Å². The highest BCUT2D eigenvalue weighted by atomic mass is 16.4. The highest BCUT2D eigenvalue weighted by Gasteiger charge is 2.37. The molecule has 1 amide bonds. The smallest absolute Gasteiger partial charge is 0.310 e. The van der Waals surface area contributed by atoms with Crippen molar-refractivity contribution in [2.24, 2.45) is 11.3 Å². The number of carbonyl (C=O) groups is 2. The molecule has 0 aromatic heterocycles. The van der Waals surface area contributed by atoms with Crippen LogP contribution in [0.5, 0.6) is 0 Å². The van der Waals surface area contributed by atoms with Crippen molar-refractivity contribution in [3.05, 3.63) is 0 Å². The molecule has 4 heteroatoms. The van der Waals surface area contributed by atoms with Crippen molar-refractivity contribution in [1.82, 2.24) is 5.32 Å². The first kappa shape index (κ1) is 16.0. The van der Waals surface area contributed by atoms with Gasteiger partial charge in [0.1, 0.15) is 0 Å². The quantitative estimate of drug-likeness (QED) is 0.779. The molecule has 1 aliphatic rings. The molecule has 1 fully saturated rings. The first-order valence-corrected chi connectivity index (χ1v) is 7.46. The standard InChI is InChI=1S/C15H27NO3/c1-4-15(5-2,14(18)19)10-13(17)16-12-8-6-7-11(3)9-12/h11-12H,4-10H2,1-3H3,(H,16,17)(H,18,19). The maximum absolute atomic E-state index is 12.1. The minimum atomic E-state index is -0.898. The van der Waals surface area contributed by atoms with Crippen LogP contribution in [0.4, 0.5) is 0 Å². The zero-order valence-electron chi connectivity index (χ0n) is 12.4. The second-order valence-electron chi connectivity index (χ2n) is 6.01. The molecule has 1 rings (SSSR count). The van der Waals surface area contributed by atoms with E-state index in [-0.39, 0.29) is 18.4 Å². The Balaban J connectivity index is 2.55. The van der Waals surface area contributed by atoms with E-state index in [0.29, 0.717) is 18.8 Å². The summed E-state index contributed by atoms with van der Waals surface area (Å²) in [6, 6.07) is 0.233. The Morgan fingerprint density at radius 2 is 1.89 bits per heavy atom. The van der Waals surface area contributed by atoms with Crippen molar-refractivity contribution in [2.75, 3.05) is 0 Å². The van der Waals surface area contributed by atoms with E-state index in [1.54, 1.807) is 0 Å². The molecule has 0 spiro atoms. The maximum atomic E-state index is 12.1. The average molecular weight is 269 g/mol. The van der Waals surface area contributed by atoms with Gasteiger partial charge in [0.05, 0.1) is 5.41 Å². The van der Waals surface area contributed by atoms with Crippen LogP contribution in [0, 0.1) is 11.3 Å². The van der Waals surface area contributed by atoms with Gasteiger partial charge in [-0.15, -0.1) is 0 Å². The van der Waals surface area contributed by atoms with Crippen LogP contribution in [0.2, 0.25) is 0 Å². The third-order valence-electron chi connectivity index (χ3n) is 4.61. The highest BCUT2D eigenvalue weighted by molar-refractivity contribution is 5.85. The minimum absolute atomic E-state index is 0.0974. The normalized spacial score (nSPS) is 23.9. The summed E-state index contributed by atoms with van der Waals surface area (Å²) in [7, 11) is 0. The highest BCUT2D eigenvalue weighted by Crippen LogP contribution is 2.31. The number of carboxylic acids is 1. The molecule has 0 aromatic carbocycles. The summed E-state index contributed by atoms with van der Waals surface area (Å²) < 4.78 is 0. The molecule has 1 saturated carbocycles. The van der Waals surface area contributed by atoms with E-state index in [0.717, 1.165) is 19.3 Å². The number of hydrogen-bond donors (Lipinski definition) is 2. The molecule has 110 valence electrons. The fraction of sp³-hybridized carbons (Fsp3) is 0.867. The van der Waals surface area contributed by atoms with Crippen LogP contribution in [0.1, 0.15) is 65.7 Å². The van der Waals surface area contributed by atoms with Gasteiger partial charge >= 0.3 is 5.97 Å². The van der Waals surface area contributed by atoms with Gasteiger partial charge in [0.25, 0.3) is 0 Å². The summed E-state index contributed by atoms with van der Waals surface area (Å²) in [6.07, 6.45) is 5.51. The Hall–Kier alpha value is -1.06. The van der Waals surface area contributed by atoms with Crippen LogP contribution in [0.15, 0.2) is 0 Å². The number of amides is 1. The van der Waals surface area contributed by atoms with Gasteiger partial charge in [-0.25, -0.2) is 0 Å². The lowest BCUT2D eigenvalue weighted by molar-refractivity contribution is -0.152. The van der Waals surface area contributed by atoms with E-state index in [1.807, 2.05) is 13.8 Å². The third kappa shape index (κ3) is 4.22. The van der Waals surface area contributed by atoms with Crippen LogP contribution in [-0.4, -0.2) is 23.0 Å². The van der Waals surface area contributed by atoms with E-state index in [1.165, 1.54) is 6.42 Å². The predicted octanol–water partition coefficient (Wildman–Crippen LogP) is 2.96. The van der Waals surface area contributed by atoms with Crippen LogP contribution in [0.3, 0.4) is 0 Å². The SMILES string of the molecule is CCC(CC)(CC(=O)NC1CCCC(C)C1)C(=O)O. The maximum Gasteiger partial charge on any atom is 0.310 e. The molecule has 2 N–H and O–H groups in total. The largest absolute Gasteiger partial charge is 0.481 e. The summed E-state index contributed by atoms with van der Waals surface area (Å²) >= 11 is 0. The lowest BCUT2D eigenvalue weighted by Gasteiger charge is -2.30. The van der Waals surface area contributed by atoms with Crippen LogP contribution in [0.25, 0.3) is 0 Å². The monoisotopic (exact) mass is 269 g/mol. The molecule has 2 unspecified atom stereocenters. The molecular formula is C15H27NO3. The first-order valence-electron chi connectivity index (χ1n) is 7.46. The zero-order valence-corrected chi connectivity index (χ0v) is 12.4. The van der Waals surface area contributed by atoms with Gasteiger partial charge in [0.2, 0.25) is 5.91 Å². The van der Waals surface area contributed by atoms with Crippen molar-refractivity contribution in [3.8, 4) is 0 Å². The van der Waals surface area contributed by atoms with Crippen molar-refractivity contribution in [1.29, 1.82) is 0 Å². The summed E-state index contributed by atoms with van der Waals surface area (Å²) in [6.45, 7) is 5.89. The fourth-order valence-electron chi connectivity index (χ4n) is 3.03. The molecule has 0 bridgehead atoms. The lowest BCUT2D eigenvalue weighted by atomic mass is 9.78. The Morgan fingerprint density at radius 3 is 2.37 bits per heavy atom. The van der Waals surface area contributed by atoms with Crippen molar-refractivity contribution in [3.63, 3.8) is 0 Å². The van der Waals surface area contributed by atoms with Crippen LogP contribution >= 0.6 is 0 Å². The van der Waals surface area contributed by atoms with E-state index in [9.17, 15) is 14.7 Å². The van der Waals surface area contributed by atoms with Crippen LogP contribution < -0.4 is 5.32 Å². The molecule has 0 heterocycles. The predicted molar refractivity (Wildman–Crippen MR) is 74.8 cm³/mol. The number of aliphatic carboxylic acids is 1. The number of rotatable bonds is 6. The third-order valence-corrected chi connectivity index (χ3v) is 4.61. The summed E-state index contributed by atoms with van der Waals surface area (Å²) in [5.41, 5.74) is -0.898. The molecule has 19 heavy (non-hydrogen) atoms. The Kier molecular flexibility index (Phi) is 5.83. The first-order chi connectivity index (χ1) is 8.93. The minimum Gasteiger partial charge on any atom is -0.481 e. The zero-order chi connectivity index (χ0) is 14.5. The summed E-state index contributed by atoms with van der Waals surface area (Å²) in [5, 5.41) is 12.4. The second-order valence-corrected chi connectivity index (χ2v) is 6.01. The summed E-state index contributed by atoms with van der Waals surface area (Å²) in [4.78, 5) is 23.5. The topological polar surface area (TPSA) is 66.4 Å². The molecule has 0 saturated heterocycles. The molecule has 0 aliphatic heterocycles. The average Bonchev–Trinajstić information content (AvgIpc) is 2.35. The van der Waals surface area contributed by atoms with Gasteiger partial charge < -0.3 is 10.4 Å². The molecular weight excluding hydrogens is 242 g/mol. The molecule has 2 atom stereocenters. The fourth-order valence-corrected chi connectivity index (χ4v) is 3.03. The van der Waals surface area contributed by atoms with Gasteiger partial charge in [0, 0.05) is 12.5 Å². The van der Waals surface area contributed by atoms with E-state index < -0.39 is 11.4 Å². The van der Waals surface area contributed by atoms with E-state index in [4.69, 9.17) is 0 Å². The van der Waals surface area contributed by atoms with Gasteiger partial charge in [-0.1, -0.05) is 33.6 Å². The Bertz CT molecular complexity index is 323. The molecule has 0 aromatic rings. The van der Waals surface area contributed by atoms with Crippen molar-refractivity contribution >= 4 is 11.9 Å². The van der Waals surface area contributed by atoms with Crippen molar-refractivity contribution in [2.45, 2.75) is 71.8 Å². The summed E-state index contributed by atoms with van der Waals surface area (Å²) in [5.74, 6) is -0.310. The van der Waals surface area contributed by atoms with E-state index >= 15 is 0 Å². The lowest BCUT2D eigenvalue weighted by Crippen LogP contribution is -2.42. The van der Waals surface area contributed by atoms with Crippen LogP contribution in [-0.2, 0) is 9.59 Å². The number of carboxylic acid groups (broad SMARTS) is 1. The van der Waals surface area contributed by atoms with Gasteiger partial charge in [-0.3, -0.25) is 9.59 Å². The Labute approximate surface area is 116 Å².